The smallest absolute Gasteiger partial charge is 0.137 e. The fourth-order valence-corrected chi connectivity index (χ4v) is 6.42. The SMILES string of the molecule is c1ccc(-n2c3ccc(-c4ccc(-c5cc6cccnc6c6ncccc56)cn4)cc3c3c4ccccc4ccc32)nc1. The highest BCUT2D eigenvalue weighted by molar-refractivity contribution is 6.21. The zero-order valence-corrected chi connectivity index (χ0v) is 23.0. The van der Waals surface area contributed by atoms with E-state index in [0.29, 0.717) is 0 Å². The number of nitrogens with zero attached hydrogens (tertiary/aromatic N) is 5. The van der Waals surface area contributed by atoms with Crippen LogP contribution in [-0.2, 0) is 0 Å². The van der Waals surface area contributed by atoms with Gasteiger partial charge in [-0.15, -0.1) is 0 Å². The number of rotatable bonds is 3. The molecule has 0 spiro atoms. The molecule has 0 fully saturated rings. The van der Waals surface area contributed by atoms with Crippen molar-refractivity contribution in [2.75, 3.05) is 0 Å². The lowest BCUT2D eigenvalue weighted by molar-refractivity contribution is 1.08. The molecule has 9 rings (SSSR count). The van der Waals surface area contributed by atoms with Crippen LogP contribution in [-0.4, -0.2) is 24.5 Å². The first kappa shape index (κ1) is 23.7. The molecule has 9 aromatic rings. The van der Waals surface area contributed by atoms with E-state index in [2.05, 4.69) is 106 Å². The second-order valence-electron chi connectivity index (χ2n) is 10.8. The van der Waals surface area contributed by atoms with E-state index in [-0.39, 0.29) is 0 Å². The first-order chi connectivity index (χ1) is 21.3. The molecule has 0 aliphatic carbocycles. The Hall–Kier alpha value is -5.94. The van der Waals surface area contributed by atoms with Gasteiger partial charge in [0.05, 0.1) is 27.8 Å². The Morgan fingerprint density at radius 1 is 0.465 bits per heavy atom. The Morgan fingerprint density at radius 3 is 2.12 bits per heavy atom. The molecule has 0 atom stereocenters. The average molecular weight is 550 g/mol. The van der Waals surface area contributed by atoms with Gasteiger partial charge in [0.1, 0.15) is 5.82 Å². The molecule has 5 heterocycles. The molecule has 43 heavy (non-hydrogen) atoms. The Balaban J connectivity index is 1.23. The third-order valence-corrected chi connectivity index (χ3v) is 8.36. The Labute approximate surface area is 246 Å². The van der Waals surface area contributed by atoms with Crippen molar-refractivity contribution in [2.45, 2.75) is 0 Å². The lowest BCUT2D eigenvalue weighted by atomic mass is 9.98. The average Bonchev–Trinajstić information content (AvgIpc) is 3.42. The van der Waals surface area contributed by atoms with Crippen molar-refractivity contribution in [3.05, 3.63) is 140 Å². The van der Waals surface area contributed by atoms with Crippen molar-refractivity contribution in [3.63, 3.8) is 0 Å². The van der Waals surface area contributed by atoms with Crippen LogP contribution in [0.4, 0.5) is 0 Å². The van der Waals surface area contributed by atoms with E-state index >= 15 is 0 Å². The van der Waals surface area contributed by atoms with E-state index in [4.69, 9.17) is 9.97 Å². The molecule has 0 aliphatic rings. The van der Waals surface area contributed by atoms with Crippen LogP contribution < -0.4 is 0 Å². The summed E-state index contributed by atoms with van der Waals surface area (Å²) in [6.07, 6.45) is 7.46. The van der Waals surface area contributed by atoms with Gasteiger partial charge in [0.25, 0.3) is 0 Å². The van der Waals surface area contributed by atoms with Crippen molar-refractivity contribution in [3.8, 4) is 28.2 Å². The first-order valence-corrected chi connectivity index (χ1v) is 14.3. The molecular formula is C38H23N5. The summed E-state index contributed by atoms with van der Waals surface area (Å²) in [6.45, 7) is 0. The minimum atomic E-state index is 0.903. The van der Waals surface area contributed by atoms with Crippen LogP contribution in [0, 0.1) is 0 Å². The summed E-state index contributed by atoms with van der Waals surface area (Å²) in [7, 11) is 0. The topological polar surface area (TPSA) is 56.5 Å². The van der Waals surface area contributed by atoms with E-state index in [1.165, 1.54) is 21.5 Å². The lowest BCUT2D eigenvalue weighted by Gasteiger charge is -2.10. The van der Waals surface area contributed by atoms with Gasteiger partial charge in [-0.05, 0) is 70.9 Å². The number of fused-ring (bicyclic) bond motifs is 8. The van der Waals surface area contributed by atoms with Gasteiger partial charge in [-0.2, -0.15) is 0 Å². The van der Waals surface area contributed by atoms with E-state index in [1.54, 1.807) is 0 Å². The third kappa shape index (κ3) is 3.65. The molecule has 200 valence electrons. The zero-order valence-electron chi connectivity index (χ0n) is 23.0. The Bertz CT molecular complexity index is 2500. The largest absolute Gasteiger partial charge is 0.294 e. The second kappa shape index (κ2) is 9.29. The van der Waals surface area contributed by atoms with Gasteiger partial charge >= 0.3 is 0 Å². The Kier molecular flexibility index (Phi) is 5.13. The van der Waals surface area contributed by atoms with Gasteiger partial charge in [0.15, 0.2) is 0 Å². The van der Waals surface area contributed by atoms with Crippen LogP contribution in [0.3, 0.4) is 0 Å². The van der Waals surface area contributed by atoms with Gasteiger partial charge in [-0.3, -0.25) is 19.5 Å². The highest BCUT2D eigenvalue weighted by atomic mass is 15.1. The molecule has 0 N–H and O–H groups in total. The minimum Gasteiger partial charge on any atom is -0.294 e. The van der Waals surface area contributed by atoms with Crippen molar-refractivity contribution < 1.29 is 0 Å². The highest BCUT2D eigenvalue weighted by Gasteiger charge is 2.17. The summed E-state index contributed by atoms with van der Waals surface area (Å²) >= 11 is 0. The monoisotopic (exact) mass is 549 g/mol. The number of hydrogen-bond acceptors (Lipinski definition) is 4. The van der Waals surface area contributed by atoms with Gasteiger partial charge in [0.2, 0.25) is 0 Å². The van der Waals surface area contributed by atoms with Gasteiger partial charge in [-0.1, -0.05) is 60.7 Å². The summed E-state index contributed by atoms with van der Waals surface area (Å²) in [6, 6.07) is 40.2. The van der Waals surface area contributed by atoms with E-state index in [1.807, 2.05) is 49.1 Å². The number of pyridine rings is 4. The molecule has 0 amide bonds. The number of benzene rings is 4. The minimum absolute atomic E-state index is 0.903. The van der Waals surface area contributed by atoms with Gasteiger partial charge < -0.3 is 0 Å². The molecule has 4 aromatic carbocycles. The van der Waals surface area contributed by atoms with Crippen molar-refractivity contribution >= 4 is 54.4 Å². The fourth-order valence-electron chi connectivity index (χ4n) is 6.42. The summed E-state index contributed by atoms with van der Waals surface area (Å²) in [5.41, 5.74) is 8.22. The molecule has 5 nitrogen and oxygen atoms in total. The van der Waals surface area contributed by atoms with Crippen molar-refractivity contribution in [1.29, 1.82) is 0 Å². The van der Waals surface area contributed by atoms with Crippen molar-refractivity contribution in [2.24, 2.45) is 0 Å². The summed E-state index contributed by atoms with van der Waals surface area (Å²) in [4.78, 5) is 18.9. The molecule has 5 heteroatoms. The summed E-state index contributed by atoms with van der Waals surface area (Å²) in [5, 5.41) is 6.98. The number of aromatic nitrogens is 5. The highest BCUT2D eigenvalue weighted by Crippen LogP contribution is 2.39. The molecule has 0 unspecified atom stereocenters. The van der Waals surface area contributed by atoms with Crippen LogP contribution >= 0.6 is 0 Å². The van der Waals surface area contributed by atoms with E-state index < -0.39 is 0 Å². The van der Waals surface area contributed by atoms with E-state index in [0.717, 1.165) is 61.0 Å². The molecule has 5 aromatic heterocycles. The quantitative estimate of drug-likeness (QED) is 0.206. The van der Waals surface area contributed by atoms with Crippen LogP contribution in [0.15, 0.2) is 140 Å². The maximum Gasteiger partial charge on any atom is 0.137 e. The van der Waals surface area contributed by atoms with Gasteiger partial charge in [0, 0.05) is 57.5 Å². The maximum atomic E-state index is 4.97. The van der Waals surface area contributed by atoms with Crippen LogP contribution in [0.25, 0.3) is 82.6 Å². The number of hydrogen-bond donors (Lipinski definition) is 0. The third-order valence-electron chi connectivity index (χ3n) is 8.36. The Morgan fingerprint density at radius 2 is 1.23 bits per heavy atom. The predicted molar refractivity (Wildman–Crippen MR) is 175 cm³/mol. The van der Waals surface area contributed by atoms with Gasteiger partial charge in [-0.25, -0.2) is 4.98 Å². The lowest BCUT2D eigenvalue weighted by Crippen LogP contribution is -1.96. The fraction of sp³-hybridized carbons (Fsp3) is 0. The normalized spacial score (nSPS) is 11.7. The maximum absolute atomic E-state index is 4.97. The second-order valence-corrected chi connectivity index (χ2v) is 10.8. The first-order valence-electron chi connectivity index (χ1n) is 14.3. The van der Waals surface area contributed by atoms with Crippen LogP contribution in [0.1, 0.15) is 0 Å². The molecule has 0 bridgehead atoms. The molecule has 0 aliphatic heterocycles. The molecule has 0 saturated carbocycles. The molecule has 0 radical (unpaired) electrons. The standard InChI is InChI=1S/C38H23N5/c1-2-9-28-24(7-1)13-17-34-36(28)31-21-25(14-16-33(31)43(34)35-11-3-4-18-39-35)32-15-12-27(23-42-32)30-22-26-8-5-19-40-37(26)38-29(30)10-6-20-41-38/h1-23H. The van der Waals surface area contributed by atoms with E-state index in [9.17, 15) is 0 Å². The zero-order chi connectivity index (χ0) is 28.3. The van der Waals surface area contributed by atoms with Crippen LogP contribution in [0.2, 0.25) is 0 Å². The summed E-state index contributed by atoms with van der Waals surface area (Å²) < 4.78 is 2.26. The summed E-state index contributed by atoms with van der Waals surface area (Å²) in [5.74, 6) is 0.903. The predicted octanol–water partition coefficient (Wildman–Crippen LogP) is 9.16. The molecular weight excluding hydrogens is 526 g/mol. The van der Waals surface area contributed by atoms with Crippen molar-refractivity contribution in [1.82, 2.24) is 24.5 Å². The van der Waals surface area contributed by atoms with Crippen LogP contribution in [0.5, 0.6) is 0 Å². The molecule has 0 saturated heterocycles.